The van der Waals surface area contributed by atoms with Gasteiger partial charge in [0.25, 0.3) is 0 Å². The second kappa shape index (κ2) is 11.7. The molecular weight excluding hydrogens is 495 g/mol. The van der Waals surface area contributed by atoms with Crippen molar-refractivity contribution in [3.63, 3.8) is 0 Å². The van der Waals surface area contributed by atoms with Gasteiger partial charge in [0, 0.05) is 31.0 Å². The van der Waals surface area contributed by atoms with E-state index in [-0.39, 0.29) is 12.7 Å². The summed E-state index contributed by atoms with van der Waals surface area (Å²) in [7, 11) is -4.70. The summed E-state index contributed by atoms with van der Waals surface area (Å²) in [5.41, 5.74) is 2.71. The van der Waals surface area contributed by atoms with E-state index in [0.29, 0.717) is 17.9 Å². The molecule has 1 aliphatic rings. The van der Waals surface area contributed by atoms with E-state index in [0.717, 1.165) is 30.0 Å². The molecular formula is C26H27N4O6P. The SMILES string of the molecule is C[C@H](O)c1nccn1[C@@H](C#Cc1ccc(-c2ccc(OC3CN(CC#N)C3)cc2)cc1)COP(=O)(O)O. The van der Waals surface area contributed by atoms with Gasteiger partial charge in [0.1, 0.15) is 29.8 Å². The Morgan fingerprint density at radius 1 is 1.14 bits per heavy atom. The van der Waals surface area contributed by atoms with Crippen molar-refractivity contribution < 1.29 is 28.7 Å². The molecule has 0 spiro atoms. The number of rotatable bonds is 9. The molecule has 2 atom stereocenters. The zero-order valence-corrected chi connectivity index (χ0v) is 21.0. The lowest BCUT2D eigenvalue weighted by atomic mass is 10.0. The summed E-state index contributed by atoms with van der Waals surface area (Å²) < 4.78 is 23.4. The number of imidazole rings is 1. The minimum absolute atomic E-state index is 0.104. The molecule has 3 N–H and O–H groups in total. The van der Waals surface area contributed by atoms with Crippen LogP contribution in [0.15, 0.2) is 60.9 Å². The first kappa shape index (κ1) is 26.6. The maximum atomic E-state index is 11.2. The van der Waals surface area contributed by atoms with Crippen molar-refractivity contribution in [2.45, 2.75) is 25.2 Å². The molecule has 4 rings (SSSR count). The fourth-order valence-electron chi connectivity index (χ4n) is 3.93. The molecule has 11 heteroatoms. The minimum atomic E-state index is -4.70. The molecule has 0 aliphatic carbocycles. The van der Waals surface area contributed by atoms with Crippen LogP contribution in [0.2, 0.25) is 0 Å². The van der Waals surface area contributed by atoms with E-state index in [4.69, 9.17) is 19.8 Å². The van der Waals surface area contributed by atoms with Crippen LogP contribution in [0, 0.1) is 23.2 Å². The maximum absolute atomic E-state index is 11.2. The Labute approximate surface area is 215 Å². The molecule has 2 heterocycles. The first-order chi connectivity index (χ1) is 17.7. The Kier molecular flexibility index (Phi) is 8.42. The zero-order valence-electron chi connectivity index (χ0n) is 20.1. The minimum Gasteiger partial charge on any atom is -0.488 e. The molecule has 1 aliphatic heterocycles. The van der Waals surface area contributed by atoms with Crippen LogP contribution in [-0.2, 0) is 9.09 Å². The number of phosphoric ester groups is 1. The molecule has 3 aromatic rings. The van der Waals surface area contributed by atoms with Crippen LogP contribution < -0.4 is 4.74 Å². The highest BCUT2D eigenvalue weighted by Crippen LogP contribution is 2.37. The number of nitrogens with zero attached hydrogens (tertiary/aromatic N) is 4. The van der Waals surface area contributed by atoms with E-state index in [1.54, 1.807) is 13.1 Å². The van der Waals surface area contributed by atoms with Gasteiger partial charge in [-0.3, -0.25) is 9.42 Å². The topological polar surface area (TPSA) is 141 Å². The average Bonchev–Trinajstić information content (AvgIpc) is 3.33. The fourth-order valence-corrected chi connectivity index (χ4v) is 4.26. The van der Waals surface area contributed by atoms with Gasteiger partial charge in [0.2, 0.25) is 0 Å². The highest BCUT2D eigenvalue weighted by atomic mass is 31.2. The predicted molar refractivity (Wildman–Crippen MR) is 135 cm³/mol. The molecule has 192 valence electrons. The number of aliphatic hydroxyl groups is 1. The van der Waals surface area contributed by atoms with E-state index < -0.39 is 20.0 Å². The number of nitriles is 1. The van der Waals surface area contributed by atoms with Gasteiger partial charge in [0.05, 0.1) is 19.2 Å². The summed E-state index contributed by atoms with van der Waals surface area (Å²) in [4.78, 5) is 24.4. The number of hydrogen-bond acceptors (Lipinski definition) is 7. The van der Waals surface area contributed by atoms with Gasteiger partial charge in [0.15, 0.2) is 0 Å². The van der Waals surface area contributed by atoms with Crippen LogP contribution in [0.3, 0.4) is 0 Å². The molecule has 1 saturated heterocycles. The van der Waals surface area contributed by atoms with Crippen molar-refractivity contribution in [1.82, 2.24) is 14.5 Å². The van der Waals surface area contributed by atoms with Crippen LogP contribution in [-0.4, -0.2) is 61.7 Å². The summed E-state index contributed by atoms with van der Waals surface area (Å²) in [6.45, 7) is 3.10. The van der Waals surface area contributed by atoms with Gasteiger partial charge < -0.3 is 24.2 Å². The standard InChI is InChI=1S/C26H27N4O6P/c1-19(31)26-28-13-15-30(26)23(18-35-37(32,33)34)9-4-20-2-5-21(6-3-20)22-7-10-24(11-8-22)36-25-16-29(17-25)14-12-27/h2-3,5-8,10-11,13,15,19,23,25,31H,14,16-18H2,1H3,(H2,32,33,34)/t19-,23-/m0/s1. The Bertz CT molecular complexity index is 1340. The quantitative estimate of drug-likeness (QED) is 0.220. The second-order valence-electron chi connectivity index (χ2n) is 8.63. The Morgan fingerprint density at radius 3 is 2.38 bits per heavy atom. The van der Waals surface area contributed by atoms with Gasteiger partial charge in [-0.1, -0.05) is 36.1 Å². The first-order valence-electron chi connectivity index (χ1n) is 11.6. The maximum Gasteiger partial charge on any atom is 0.469 e. The molecule has 0 radical (unpaired) electrons. The van der Waals surface area contributed by atoms with E-state index in [2.05, 4.69) is 27.4 Å². The number of aromatic nitrogens is 2. The largest absolute Gasteiger partial charge is 0.488 e. The van der Waals surface area contributed by atoms with Gasteiger partial charge in [-0.2, -0.15) is 5.26 Å². The van der Waals surface area contributed by atoms with Crippen LogP contribution in [0.1, 0.15) is 30.5 Å². The monoisotopic (exact) mass is 522 g/mol. The number of phosphoric acid groups is 1. The van der Waals surface area contributed by atoms with Crippen LogP contribution >= 0.6 is 7.82 Å². The van der Waals surface area contributed by atoms with Crippen molar-refractivity contribution in [1.29, 1.82) is 5.26 Å². The van der Waals surface area contributed by atoms with Crippen molar-refractivity contribution in [2.24, 2.45) is 0 Å². The van der Waals surface area contributed by atoms with E-state index in [1.807, 2.05) is 53.4 Å². The second-order valence-corrected chi connectivity index (χ2v) is 9.87. The van der Waals surface area contributed by atoms with Crippen molar-refractivity contribution in [2.75, 3.05) is 26.2 Å². The number of benzene rings is 2. The number of likely N-dealkylation sites (tertiary alicyclic amines) is 1. The summed E-state index contributed by atoms with van der Waals surface area (Å²) in [6, 6.07) is 16.8. The molecule has 37 heavy (non-hydrogen) atoms. The molecule has 0 saturated carbocycles. The van der Waals surface area contributed by atoms with Crippen LogP contribution in [0.4, 0.5) is 0 Å². The molecule has 0 bridgehead atoms. The summed E-state index contributed by atoms with van der Waals surface area (Å²) in [5.74, 6) is 7.08. The summed E-state index contributed by atoms with van der Waals surface area (Å²) in [6.07, 6.45) is 2.27. The molecule has 2 aromatic carbocycles. The molecule has 0 amide bonds. The van der Waals surface area contributed by atoms with Gasteiger partial charge >= 0.3 is 7.82 Å². The molecule has 1 aromatic heterocycles. The van der Waals surface area contributed by atoms with E-state index in [9.17, 15) is 9.67 Å². The fraction of sp³-hybridized carbons (Fsp3) is 0.308. The number of ether oxygens (including phenoxy) is 1. The van der Waals surface area contributed by atoms with E-state index >= 15 is 0 Å². The predicted octanol–water partition coefficient (Wildman–Crippen LogP) is 2.89. The summed E-state index contributed by atoms with van der Waals surface area (Å²) >= 11 is 0. The zero-order chi connectivity index (χ0) is 26.4. The highest BCUT2D eigenvalue weighted by Gasteiger charge is 2.27. The van der Waals surface area contributed by atoms with Gasteiger partial charge in [-0.05, 0) is 42.3 Å². The Balaban J connectivity index is 1.43. The number of hydrogen-bond donors (Lipinski definition) is 3. The third-order valence-corrected chi connectivity index (χ3v) is 6.27. The van der Waals surface area contributed by atoms with Crippen LogP contribution in [0.5, 0.6) is 5.75 Å². The first-order valence-corrected chi connectivity index (χ1v) is 13.1. The van der Waals surface area contributed by atoms with Crippen molar-refractivity contribution in [3.05, 3.63) is 72.3 Å². The van der Waals surface area contributed by atoms with Crippen molar-refractivity contribution >= 4 is 7.82 Å². The highest BCUT2D eigenvalue weighted by molar-refractivity contribution is 7.46. The Hall–Kier alpha value is -3.47. The third kappa shape index (κ3) is 7.28. The smallest absolute Gasteiger partial charge is 0.469 e. The lowest BCUT2D eigenvalue weighted by Crippen LogP contribution is -2.53. The lowest BCUT2D eigenvalue weighted by Gasteiger charge is -2.37. The number of aliphatic hydroxyl groups excluding tert-OH is 1. The molecule has 0 unspecified atom stereocenters. The molecule has 1 fully saturated rings. The Morgan fingerprint density at radius 2 is 1.78 bits per heavy atom. The van der Waals surface area contributed by atoms with Gasteiger partial charge in [-0.15, -0.1) is 0 Å². The molecule has 10 nitrogen and oxygen atoms in total. The average molecular weight is 522 g/mol. The third-order valence-electron chi connectivity index (χ3n) is 5.79. The van der Waals surface area contributed by atoms with Gasteiger partial charge in [-0.25, -0.2) is 9.55 Å². The normalized spacial score (nSPS) is 15.6. The van der Waals surface area contributed by atoms with Crippen molar-refractivity contribution in [3.8, 4) is 34.8 Å². The van der Waals surface area contributed by atoms with Crippen LogP contribution in [0.25, 0.3) is 11.1 Å². The summed E-state index contributed by atoms with van der Waals surface area (Å²) in [5, 5.41) is 18.7. The van der Waals surface area contributed by atoms with E-state index in [1.165, 1.54) is 10.8 Å². The lowest BCUT2D eigenvalue weighted by molar-refractivity contribution is 0.0293.